The van der Waals surface area contributed by atoms with Gasteiger partial charge >= 0.3 is 5.97 Å². The van der Waals surface area contributed by atoms with Gasteiger partial charge in [0.25, 0.3) is 0 Å². The van der Waals surface area contributed by atoms with Crippen molar-refractivity contribution in [1.82, 2.24) is 0 Å². The summed E-state index contributed by atoms with van der Waals surface area (Å²) in [4.78, 5) is 12.3. The third-order valence-electron chi connectivity index (χ3n) is 4.58. The third kappa shape index (κ3) is 3.95. The van der Waals surface area contributed by atoms with Crippen LogP contribution in [-0.2, 0) is 4.74 Å². The van der Waals surface area contributed by atoms with E-state index in [0.717, 1.165) is 28.2 Å². The van der Waals surface area contributed by atoms with Crippen LogP contribution in [0.15, 0.2) is 72.8 Å². The number of hydrogen-bond acceptors (Lipinski definition) is 4. The molecule has 0 aromatic heterocycles. The van der Waals surface area contributed by atoms with E-state index in [4.69, 9.17) is 14.2 Å². The molecule has 0 radical (unpaired) electrons. The van der Waals surface area contributed by atoms with Gasteiger partial charge in [0, 0.05) is 5.92 Å². The number of carbonyl (C=O) groups is 1. The van der Waals surface area contributed by atoms with Crippen molar-refractivity contribution < 1.29 is 19.0 Å². The monoisotopic (exact) mass is 362 g/mol. The SMILES string of the molecule is COC(=O)c1ccccc1C(c1ccc(OC)cc1)c1ccc(OC)cc1. The normalized spacial score (nSPS) is 10.5. The number of carbonyl (C=O) groups excluding carboxylic acids is 1. The Balaban J connectivity index is 2.16. The Hall–Kier alpha value is -3.27. The van der Waals surface area contributed by atoms with Gasteiger partial charge in [0.15, 0.2) is 0 Å². The van der Waals surface area contributed by atoms with E-state index in [1.54, 1.807) is 20.3 Å². The lowest BCUT2D eigenvalue weighted by atomic mass is 9.83. The predicted molar refractivity (Wildman–Crippen MR) is 105 cm³/mol. The Bertz CT molecular complexity index is 851. The molecule has 0 aliphatic rings. The maximum Gasteiger partial charge on any atom is 0.338 e. The first-order valence-corrected chi connectivity index (χ1v) is 8.63. The number of rotatable bonds is 6. The maximum atomic E-state index is 12.3. The maximum absolute atomic E-state index is 12.3. The summed E-state index contributed by atoms with van der Waals surface area (Å²) in [5.41, 5.74) is 3.55. The Labute approximate surface area is 159 Å². The highest BCUT2D eigenvalue weighted by atomic mass is 16.5. The minimum Gasteiger partial charge on any atom is -0.497 e. The van der Waals surface area contributed by atoms with Crippen LogP contribution in [-0.4, -0.2) is 27.3 Å². The zero-order valence-corrected chi connectivity index (χ0v) is 15.6. The second-order valence-electron chi connectivity index (χ2n) is 6.06. The van der Waals surface area contributed by atoms with Gasteiger partial charge in [-0.3, -0.25) is 0 Å². The fourth-order valence-electron chi connectivity index (χ4n) is 3.19. The topological polar surface area (TPSA) is 44.8 Å². The van der Waals surface area contributed by atoms with Gasteiger partial charge in [0.05, 0.1) is 26.9 Å². The molecule has 0 aliphatic carbocycles. The van der Waals surface area contributed by atoms with Crippen LogP contribution in [0.3, 0.4) is 0 Å². The van der Waals surface area contributed by atoms with Gasteiger partial charge in [-0.05, 0) is 47.0 Å². The van der Waals surface area contributed by atoms with Gasteiger partial charge in [-0.1, -0.05) is 42.5 Å². The minimum absolute atomic E-state index is 0.128. The van der Waals surface area contributed by atoms with Gasteiger partial charge in [-0.15, -0.1) is 0 Å². The van der Waals surface area contributed by atoms with E-state index in [1.165, 1.54) is 7.11 Å². The molecular weight excluding hydrogens is 340 g/mol. The van der Waals surface area contributed by atoms with E-state index in [-0.39, 0.29) is 11.9 Å². The Morgan fingerprint density at radius 2 is 1.19 bits per heavy atom. The lowest BCUT2D eigenvalue weighted by molar-refractivity contribution is 0.0599. The predicted octanol–water partition coefficient (Wildman–Crippen LogP) is 4.67. The largest absolute Gasteiger partial charge is 0.497 e. The Morgan fingerprint density at radius 3 is 1.63 bits per heavy atom. The third-order valence-corrected chi connectivity index (χ3v) is 4.58. The highest BCUT2D eigenvalue weighted by molar-refractivity contribution is 5.91. The number of ether oxygens (including phenoxy) is 3. The van der Waals surface area contributed by atoms with Crippen LogP contribution in [0.25, 0.3) is 0 Å². The zero-order valence-electron chi connectivity index (χ0n) is 15.6. The first-order chi connectivity index (χ1) is 13.2. The molecule has 138 valence electrons. The van der Waals surface area contributed by atoms with Crippen molar-refractivity contribution in [3.05, 3.63) is 95.1 Å². The Kier molecular flexibility index (Phi) is 5.77. The molecular formula is C23H22O4. The standard InChI is InChI=1S/C23H22O4/c1-25-18-12-8-16(9-13-18)22(17-10-14-19(26-2)15-11-17)20-6-4-5-7-21(20)23(24)27-3/h4-15,22H,1-3H3. The van der Waals surface area contributed by atoms with E-state index in [1.807, 2.05) is 66.7 Å². The molecule has 0 bridgehead atoms. The molecule has 0 N–H and O–H groups in total. The summed E-state index contributed by atoms with van der Waals surface area (Å²) in [5, 5.41) is 0. The summed E-state index contributed by atoms with van der Waals surface area (Å²) < 4.78 is 15.6. The molecule has 4 heteroatoms. The number of esters is 1. The van der Waals surface area contributed by atoms with Crippen LogP contribution in [0.5, 0.6) is 11.5 Å². The van der Waals surface area contributed by atoms with E-state index in [0.29, 0.717) is 5.56 Å². The van der Waals surface area contributed by atoms with Crippen molar-refractivity contribution in [2.75, 3.05) is 21.3 Å². The van der Waals surface area contributed by atoms with Crippen LogP contribution in [0.2, 0.25) is 0 Å². The van der Waals surface area contributed by atoms with Crippen molar-refractivity contribution in [2.45, 2.75) is 5.92 Å². The van der Waals surface area contributed by atoms with Crippen molar-refractivity contribution in [1.29, 1.82) is 0 Å². The number of benzene rings is 3. The van der Waals surface area contributed by atoms with Crippen LogP contribution in [0.4, 0.5) is 0 Å². The lowest BCUT2D eigenvalue weighted by Gasteiger charge is -2.21. The van der Waals surface area contributed by atoms with E-state index >= 15 is 0 Å². The minimum atomic E-state index is -0.349. The molecule has 0 amide bonds. The van der Waals surface area contributed by atoms with Crippen molar-refractivity contribution in [3.8, 4) is 11.5 Å². The van der Waals surface area contributed by atoms with Gasteiger partial charge in [0.1, 0.15) is 11.5 Å². The van der Waals surface area contributed by atoms with E-state index < -0.39 is 0 Å². The van der Waals surface area contributed by atoms with E-state index in [9.17, 15) is 4.79 Å². The summed E-state index contributed by atoms with van der Waals surface area (Å²) in [6.07, 6.45) is 0. The smallest absolute Gasteiger partial charge is 0.338 e. The first kappa shape index (κ1) is 18.5. The first-order valence-electron chi connectivity index (χ1n) is 8.63. The highest BCUT2D eigenvalue weighted by Gasteiger charge is 2.23. The molecule has 0 spiro atoms. The highest BCUT2D eigenvalue weighted by Crippen LogP contribution is 2.35. The van der Waals surface area contributed by atoms with Crippen molar-refractivity contribution in [2.24, 2.45) is 0 Å². The lowest BCUT2D eigenvalue weighted by Crippen LogP contribution is -2.11. The average molecular weight is 362 g/mol. The van der Waals surface area contributed by atoms with Gasteiger partial charge in [0.2, 0.25) is 0 Å². The summed E-state index contributed by atoms with van der Waals surface area (Å²) >= 11 is 0. The molecule has 3 aromatic carbocycles. The fraction of sp³-hybridized carbons (Fsp3) is 0.174. The quantitative estimate of drug-likeness (QED) is 0.472. The van der Waals surface area contributed by atoms with Crippen molar-refractivity contribution >= 4 is 5.97 Å². The second kappa shape index (κ2) is 8.41. The molecule has 4 nitrogen and oxygen atoms in total. The Morgan fingerprint density at radius 1 is 0.704 bits per heavy atom. The fourth-order valence-corrected chi connectivity index (χ4v) is 3.19. The second-order valence-corrected chi connectivity index (χ2v) is 6.06. The molecule has 0 saturated heterocycles. The molecule has 0 fully saturated rings. The summed E-state index contributed by atoms with van der Waals surface area (Å²) in [7, 11) is 4.68. The van der Waals surface area contributed by atoms with Crippen LogP contribution >= 0.6 is 0 Å². The summed E-state index contributed by atoms with van der Waals surface area (Å²) in [5.74, 6) is 1.09. The average Bonchev–Trinajstić information content (AvgIpc) is 2.74. The van der Waals surface area contributed by atoms with Crippen molar-refractivity contribution in [3.63, 3.8) is 0 Å². The molecule has 0 unspecified atom stereocenters. The summed E-state index contributed by atoms with van der Waals surface area (Å²) in [6.45, 7) is 0. The van der Waals surface area contributed by atoms with Crippen LogP contribution < -0.4 is 9.47 Å². The van der Waals surface area contributed by atoms with Gasteiger partial charge in [-0.2, -0.15) is 0 Å². The molecule has 0 saturated carbocycles. The molecule has 27 heavy (non-hydrogen) atoms. The number of methoxy groups -OCH3 is 3. The molecule has 0 aliphatic heterocycles. The van der Waals surface area contributed by atoms with E-state index in [2.05, 4.69) is 0 Å². The number of hydrogen-bond donors (Lipinski definition) is 0. The zero-order chi connectivity index (χ0) is 19.2. The molecule has 0 atom stereocenters. The van der Waals surface area contributed by atoms with Crippen LogP contribution in [0.1, 0.15) is 33.0 Å². The van der Waals surface area contributed by atoms with Crippen LogP contribution in [0, 0.1) is 0 Å². The molecule has 0 heterocycles. The van der Waals surface area contributed by atoms with Gasteiger partial charge < -0.3 is 14.2 Å². The van der Waals surface area contributed by atoms with Gasteiger partial charge in [-0.25, -0.2) is 4.79 Å². The molecule has 3 aromatic rings. The summed E-state index contributed by atoms with van der Waals surface area (Å²) in [6, 6.07) is 23.3. The molecule has 3 rings (SSSR count).